The van der Waals surface area contributed by atoms with Crippen molar-refractivity contribution in [3.8, 4) is 5.75 Å². The van der Waals surface area contributed by atoms with Gasteiger partial charge in [-0.05, 0) is 67.4 Å². The Labute approximate surface area is 207 Å². The SMILES string of the molecule is COCCOc1ccc(Br)cc1C(=O)NC(=S)Nc1cccc(C(=O)N2CCC(C)CC2)c1. The molecule has 176 valence electrons. The molecule has 1 aliphatic heterocycles. The van der Waals surface area contributed by atoms with Crippen molar-refractivity contribution in [2.75, 3.05) is 38.7 Å². The highest BCUT2D eigenvalue weighted by Gasteiger charge is 2.22. The lowest BCUT2D eigenvalue weighted by molar-refractivity contribution is 0.0697. The van der Waals surface area contributed by atoms with E-state index < -0.39 is 5.91 Å². The molecule has 0 aromatic heterocycles. The van der Waals surface area contributed by atoms with Crippen molar-refractivity contribution in [2.45, 2.75) is 19.8 Å². The summed E-state index contributed by atoms with van der Waals surface area (Å²) in [6.45, 7) is 4.48. The normalized spacial score (nSPS) is 14.0. The first kappa shape index (κ1) is 25.1. The average Bonchev–Trinajstić information content (AvgIpc) is 2.80. The van der Waals surface area contributed by atoms with E-state index in [9.17, 15) is 9.59 Å². The zero-order valence-corrected chi connectivity index (χ0v) is 21.1. The number of methoxy groups -OCH3 is 1. The van der Waals surface area contributed by atoms with Crippen molar-refractivity contribution < 1.29 is 19.1 Å². The summed E-state index contributed by atoms with van der Waals surface area (Å²) in [7, 11) is 1.58. The summed E-state index contributed by atoms with van der Waals surface area (Å²) in [6.07, 6.45) is 2.04. The molecule has 1 heterocycles. The number of ether oxygens (including phenoxy) is 2. The molecule has 1 fully saturated rings. The maximum absolute atomic E-state index is 12.9. The van der Waals surface area contributed by atoms with Crippen molar-refractivity contribution in [1.82, 2.24) is 10.2 Å². The van der Waals surface area contributed by atoms with Gasteiger partial charge in [-0.15, -0.1) is 0 Å². The molecular formula is C24H28BrN3O4S. The lowest BCUT2D eigenvalue weighted by Gasteiger charge is -2.30. The average molecular weight is 534 g/mol. The number of anilines is 1. The van der Waals surface area contributed by atoms with E-state index in [4.69, 9.17) is 21.7 Å². The van der Waals surface area contributed by atoms with E-state index in [1.807, 2.05) is 4.90 Å². The van der Waals surface area contributed by atoms with Gasteiger partial charge in [0.25, 0.3) is 11.8 Å². The maximum Gasteiger partial charge on any atom is 0.261 e. The van der Waals surface area contributed by atoms with Crippen LogP contribution in [0.25, 0.3) is 0 Å². The molecule has 2 aromatic rings. The number of hydrogen-bond acceptors (Lipinski definition) is 5. The lowest BCUT2D eigenvalue weighted by atomic mass is 9.98. The van der Waals surface area contributed by atoms with Gasteiger partial charge in [0.15, 0.2) is 5.11 Å². The first-order chi connectivity index (χ1) is 15.9. The first-order valence-corrected chi connectivity index (χ1v) is 12.0. The van der Waals surface area contributed by atoms with Crippen LogP contribution in [-0.4, -0.2) is 55.2 Å². The van der Waals surface area contributed by atoms with Gasteiger partial charge >= 0.3 is 0 Å². The molecule has 0 bridgehead atoms. The van der Waals surface area contributed by atoms with Gasteiger partial charge in [-0.2, -0.15) is 0 Å². The number of likely N-dealkylation sites (tertiary alicyclic amines) is 1. The molecular weight excluding hydrogens is 506 g/mol. The molecule has 33 heavy (non-hydrogen) atoms. The van der Waals surface area contributed by atoms with Gasteiger partial charge in [0.2, 0.25) is 0 Å². The molecule has 0 spiro atoms. The Morgan fingerprint density at radius 2 is 1.91 bits per heavy atom. The van der Waals surface area contributed by atoms with Crippen LogP contribution in [-0.2, 0) is 4.74 Å². The van der Waals surface area contributed by atoms with Gasteiger partial charge < -0.3 is 19.7 Å². The minimum Gasteiger partial charge on any atom is -0.490 e. The second-order valence-electron chi connectivity index (χ2n) is 7.95. The number of thiocarbonyl (C=S) groups is 1. The molecule has 2 amide bonds. The largest absolute Gasteiger partial charge is 0.490 e. The van der Waals surface area contributed by atoms with Crippen LogP contribution < -0.4 is 15.4 Å². The third-order valence-corrected chi connectivity index (χ3v) is 6.09. The third-order valence-electron chi connectivity index (χ3n) is 5.40. The molecule has 0 aliphatic carbocycles. The van der Waals surface area contributed by atoms with E-state index in [0.717, 1.165) is 30.4 Å². The second kappa shape index (κ2) is 12.1. The Kier molecular flexibility index (Phi) is 9.22. The number of carbonyl (C=O) groups excluding carboxylic acids is 2. The second-order valence-corrected chi connectivity index (χ2v) is 9.27. The van der Waals surface area contributed by atoms with Gasteiger partial charge in [0, 0.05) is 35.9 Å². The molecule has 0 radical (unpaired) electrons. The van der Waals surface area contributed by atoms with Gasteiger partial charge in [0.05, 0.1) is 12.2 Å². The number of halogens is 1. The van der Waals surface area contributed by atoms with E-state index in [2.05, 4.69) is 33.5 Å². The minimum atomic E-state index is -0.407. The number of nitrogens with zero attached hydrogens (tertiary/aromatic N) is 1. The van der Waals surface area contributed by atoms with Gasteiger partial charge in [-0.25, -0.2) is 0 Å². The monoisotopic (exact) mass is 533 g/mol. The maximum atomic E-state index is 12.9. The van der Waals surface area contributed by atoms with Crippen LogP contribution in [0, 0.1) is 5.92 Å². The number of amides is 2. The summed E-state index contributed by atoms with van der Waals surface area (Å²) in [5, 5.41) is 5.79. The highest BCUT2D eigenvalue weighted by Crippen LogP contribution is 2.24. The van der Waals surface area contributed by atoms with Gasteiger partial charge in [-0.3, -0.25) is 14.9 Å². The summed E-state index contributed by atoms with van der Waals surface area (Å²) in [6, 6.07) is 12.3. The van der Waals surface area contributed by atoms with Gasteiger partial charge in [-0.1, -0.05) is 28.9 Å². The Morgan fingerprint density at radius 3 is 2.64 bits per heavy atom. The van der Waals surface area contributed by atoms with E-state index in [-0.39, 0.29) is 11.0 Å². The summed E-state index contributed by atoms with van der Waals surface area (Å²) in [4.78, 5) is 27.6. The van der Waals surface area contributed by atoms with Crippen molar-refractivity contribution in [3.05, 3.63) is 58.1 Å². The number of carbonyl (C=O) groups is 2. The fraction of sp³-hybridized carbons (Fsp3) is 0.375. The fourth-order valence-electron chi connectivity index (χ4n) is 3.50. The van der Waals surface area contributed by atoms with Crippen molar-refractivity contribution >= 4 is 50.8 Å². The molecule has 2 N–H and O–H groups in total. The number of piperidine rings is 1. The summed E-state index contributed by atoms with van der Waals surface area (Å²) >= 11 is 8.71. The topological polar surface area (TPSA) is 79.9 Å². The van der Waals surface area contributed by atoms with Gasteiger partial charge in [0.1, 0.15) is 12.4 Å². The summed E-state index contributed by atoms with van der Waals surface area (Å²) in [5.41, 5.74) is 1.56. The molecule has 9 heteroatoms. The van der Waals surface area contributed by atoms with Crippen LogP contribution in [0.1, 0.15) is 40.5 Å². The van der Waals surface area contributed by atoms with Crippen molar-refractivity contribution in [1.29, 1.82) is 0 Å². The Morgan fingerprint density at radius 1 is 1.15 bits per heavy atom. The number of nitrogens with one attached hydrogen (secondary N) is 2. The van der Waals surface area contributed by atoms with Crippen LogP contribution in [0.3, 0.4) is 0 Å². The van der Waals surface area contributed by atoms with E-state index in [1.165, 1.54) is 0 Å². The van der Waals surface area contributed by atoms with Crippen LogP contribution in [0.15, 0.2) is 46.9 Å². The zero-order valence-electron chi connectivity index (χ0n) is 18.7. The minimum absolute atomic E-state index is 0.00693. The fourth-order valence-corrected chi connectivity index (χ4v) is 4.07. The molecule has 0 atom stereocenters. The molecule has 1 saturated heterocycles. The van der Waals surface area contributed by atoms with E-state index >= 15 is 0 Å². The van der Waals surface area contributed by atoms with Crippen LogP contribution in [0.2, 0.25) is 0 Å². The standard InChI is InChI=1S/C24H28BrN3O4S/c1-16-8-10-28(11-9-16)23(30)17-4-3-5-19(14-17)26-24(33)27-22(29)20-15-18(25)6-7-21(20)32-13-12-31-2/h3-7,14-16H,8-13H2,1-2H3,(H2,26,27,29,33). The Bertz CT molecular complexity index is 1010. The quantitative estimate of drug-likeness (QED) is 0.403. The molecule has 0 unspecified atom stereocenters. The third kappa shape index (κ3) is 7.25. The number of rotatable bonds is 7. The number of benzene rings is 2. The van der Waals surface area contributed by atoms with E-state index in [0.29, 0.717) is 41.7 Å². The van der Waals surface area contributed by atoms with Crippen LogP contribution in [0.5, 0.6) is 5.75 Å². The van der Waals surface area contributed by atoms with Crippen LogP contribution in [0.4, 0.5) is 5.69 Å². The zero-order chi connectivity index (χ0) is 23.8. The molecule has 3 rings (SSSR count). The smallest absolute Gasteiger partial charge is 0.261 e. The number of hydrogen-bond donors (Lipinski definition) is 2. The van der Waals surface area contributed by atoms with Crippen LogP contribution >= 0.6 is 28.1 Å². The molecule has 0 saturated carbocycles. The summed E-state index contributed by atoms with van der Waals surface area (Å²) in [5.74, 6) is 0.682. The molecule has 7 nitrogen and oxygen atoms in total. The predicted octanol–water partition coefficient (Wildman–Crippen LogP) is 4.47. The highest BCUT2D eigenvalue weighted by molar-refractivity contribution is 9.10. The lowest BCUT2D eigenvalue weighted by Crippen LogP contribution is -2.38. The first-order valence-electron chi connectivity index (χ1n) is 10.8. The predicted molar refractivity (Wildman–Crippen MR) is 136 cm³/mol. The van der Waals surface area contributed by atoms with Crippen molar-refractivity contribution in [3.63, 3.8) is 0 Å². The van der Waals surface area contributed by atoms with E-state index in [1.54, 1.807) is 49.6 Å². The van der Waals surface area contributed by atoms with Crippen molar-refractivity contribution in [2.24, 2.45) is 5.92 Å². The Balaban J connectivity index is 1.63. The molecule has 1 aliphatic rings. The Hall–Kier alpha value is -2.49. The molecule has 2 aromatic carbocycles. The highest BCUT2D eigenvalue weighted by atomic mass is 79.9. The summed E-state index contributed by atoms with van der Waals surface area (Å²) < 4.78 is 11.4.